The molecule has 0 amide bonds. The van der Waals surface area contributed by atoms with Gasteiger partial charge in [0.15, 0.2) is 0 Å². The number of hydrogen-bond acceptors (Lipinski definition) is 2. The number of aliphatic hydroxyl groups excluding tert-OH is 1. The summed E-state index contributed by atoms with van der Waals surface area (Å²) in [6.07, 6.45) is 5.42. The average Bonchev–Trinajstić information content (AvgIpc) is 2.32. The van der Waals surface area contributed by atoms with Crippen molar-refractivity contribution in [2.24, 2.45) is 5.92 Å². The molecule has 1 aromatic carbocycles. The third kappa shape index (κ3) is 3.55. The predicted octanol–water partition coefficient (Wildman–Crippen LogP) is 2.89. The molecular formula is C15H23NO. The van der Waals surface area contributed by atoms with Crippen molar-refractivity contribution in [3.05, 3.63) is 35.9 Å². The van der Waals surface area contributed by atoms with Crippen LogP contribution in [0.4, 0.5) is 0 Å². The molecule has 1 aromatic rings. The van der Waals surface area contributed by atoms with E-state index in [9.17, 15) is 5.11 Å². The van der Waals surface area contributed by atoms with Crippen LogP contribution in [-0.4, -0.2) is 17.8 Å². The Balaban J connectivity index is 1.86. The molecule has 2 N–H and O–H groups in total. The molecule has 2 atom stereocenters. The predicted molar refractivity (Wildman–Crippen MR) is 70.8 cm³/mol. The summed E-state index contributed by atoms with van der Waals surface area (Å²) in [5.74, 6) is 0.910. The lowest BCUT2D eigenvalue weighted by Gasteiger charge is -2.30. The highest BCUT2D eigenvalue weighted by atomic mass is 16.3. The minimum atomic E-state index is 0.0753. The molecule has 2 heteroatoms. The number of hydrogen-bond donors (Lipinski definition) is 2. The second kappa shape index (κ2) is 6.18. The maximum atomic E-state index is 9.47. The van der Waals surface area contributed by atoms with Gasteiger partial charge in [-0.2, -0.15) is 0 Å². The van der Waals surface area contributed by atoms with Crippen LogP contribution in [-0.2, 0) is 0 Å². The quantitative estimate of drug-likeness (QED) is 0.792. The molecule has 0 aromatic heterocycles. The van der Waals surface area contributed by atoms with Gasteiger partial charge >= 0.3 is 0 Å². The van der Waals surface area contributed by atoms with E-state index < -0.39 is 0 Å². The number of benzene rings is 1. The van der Waals surface area contributed by atoms with Gasteiger partial charge < -0.3 is 10.4 Å². The maximum absolute atomic E-state index is 9.47. The molecular weight excluding hydrogens is 210 g/mol. The number of aliphatic hydroxyl groups is 1. The van der Waals surface area contributed by atoms with E-state index in [-0.39, 0.29) is 12.6 Å². The highest BCUT2D eigenvalue weighted by Crippen LogP contribution is 2.30. The second-order valence-corrected chi connectivity index (χ2v) is 5.25. The van der Waals surface area contributed by atoms with Crippen molar-refractivity contribution in [2.75, 3.05) is 6.61 Å². The van der Waals surface area contributed by atoms with Gasteiger partial charge in [0.1, 0.15) is 0 Å². The summed E-state index contributed by atoms with van der Waals surface area (Å²) in [5.41, 5.74) is 1.18. The van der Waals surface area contributed by atoms with Crippen LogP contribution < -0.4 is 5.32 Å². The van der Waals surface area contributed by atoms with Crippen LogP contribution >= 0.6 is 0 Å². The van der Waals surface area contributed by atoms with E-state index in [1.807, 2.05) is 18.2 Å². The standard InChI is InChI=1S/C15H23NO/c1-12(10-13-6-5-7-13)16-15(11-17)14-8-3-2-4-9-14/h2-4,8-9,12-13,15-17H,5-7,10-11H2,1H3. The maximum Gasteiger partial charge on any atom is 0.0626 e. The SMILES string of the molecule is CC(CC1CCC1)NC(CO)c1ccccc1. The largest absolute Gasteiger partial charge is 0.394 e. The van der Waals surface area contributed by atoms with Gasteiger partial charge in [0, 0.05) is 6.04 Å². The van der Waals surface area contributed by atoms with Crippen LogP contribution in [0, 0.1) is 5.92 Å². The Morgan fingerprint density at radius 3 is 2.53 bits per heavy atom. The van der Waals surface area contributed by atoms with Crippen LogP contribution in [0.5, 0.6) is 0 Å². The zero-order valence-electron chi connectivity index (χ0n) is 10.6. The Morgan fingerprint density at radius 2 is 2.00 bits per heavy atom. The summed E-state index contributed by atoms with van der Waals surface area (Å²) >= 11 is 0. The van der Waals surface area contributed by atoms with Gasteiger partial charge in [0.25, 0.3) is 0 Å². The fourth-order valence-corrected chi connectivity index (χ4v) is 2.58. The van der Waals surface area contributed by atoms with E-state index in [0.717, 1.165) is 5.92 Å². The first-order valence-corrected chi connectivity index (χ1v) is 6.71. The Hall–Kier alpha value is -0.860. The third-order valence-corrected chi connectivity index (χ3v) is 3.78. The Labute approximate surface area is 104 Å². The number of nitrogens with one attached hydrogen (secondary N) is 1. The van der Waals surface area contributed by atoms with Crippen molar-refractivity contribution < 1.29 is 5.11 Å². The topological polar surface area (TPSA) is 32.3 Å². The fourth-order valence-electron chi connectivity index (χ4n) is 2.58. The molecule has 1 aliphatic rings. The second-order valence-electron chi connectivity index (χ2n) is 5.25. The molecule has 1 saturated carbocycles. The molecule has 0 radical (unpaired) electrons. The lowest BCUT2D eigenvalue weighted by molar-refractivity contribution is 0.212. The molecule has 0 heterocycles. The Morgan fingerprint density at radius 1 is 1.29 bits per heavy atom. The van der Waals surface area contributed by atoms with E-state index in [2.05, 4.69) is 24.4 Å². The molecule has 94 valence electrons. The molecule has 1 aliphatic carbocycles. The van der Waals surface area contributed by atoms with E-state index in [4.69, 9.17) is 0 Å². The highest BCUT2D eigenvalue weighted by Gasteiger charge is 2.21. The summed E-state index contributed by atoms with van der Waals surface area (Å²) in [7, 11) is 0. The summed E-state index contributed by atoms with van der Waals surface area (Å²) in [5, 5.41) is 13.0. The van der Waals surface area contributed by atoms with Crippen molar-refractivity contribution in [1.82, 2.24) is 5.32 Å². The van der Waals surface area contributed by atoms with E-state index in [0.29, 0.717) is 6.04 Å². The zero-order chi connectivity index (χ0) is 12.1. The van der Waals surface area contributed by atoms with Crippen LogP contribution in [0.1, 0.15) is 44.2 Å². The van der Waals surface area contributed by atoms with Crippen LogP contribution in [0.3, 0.4) is 0 Å². The minimum absolute atomic E-state index is 0.0753. The van der Waals surface area contributed by atoms with Gasteiger partial charge in [-0.15, -0.1) is 0 Å². The zero-order valence-corrected chi connectivity index (χ0v) is 10.6. The lowest BCUT2D eigenvalue weighted by Crippen LogP contribution is -2.35. The molecule has 0 aliphatic heterocycles. The molecule has 0 bridgehead atoms. The lowest BCUT2D eigenvalue weighted by atomic mass is 9.81. The van der Waals surface area contributed by atoms with Gasteiger partial charge in [-0.3, -0.25) is 0 Å². The Kier molecular flexibility index (Phi) is 4.57. The van der Waals surface area contributed by atoms with Crippen molar-refractivity contribution in [3.63, 3.8) is 0 Å². The number of rotatable bonds is 6. The molecule has 2 nitrogen and oxygen atoms in total. The van der Waals surface area contributed by atoms with Gasteiger partial charge in [-0.25, -0.2) is 0 Å². The van der Waals surface area contributed by atoms with E-state index >= 15 is 0 Å². The summed E-state index contributed by atoms with van der Waals surface area (Å²) < 4.78 is 0. The molecule has 1 fully saturated rings. The molecule has 2 rings (SSSR count). The molecule has 0 spiro atoms. The van der Waals surface area contributed by atoms with E-state index in [1.165, 1.54) is 31.2 Å². The van der Waals surface area contributed by atoms with E-state index in [1.54, 1.807) is 0 Å². The third-order valence-electron chi connectivity index (χ3n) is 3.78. The normalized spacial score (nSPS) is 19.6. The summed E-state index contributed by atoms with van der Waals surface area (Å²) in [6, 6.07) is 10.8. The van der Waals surface area contributed by atoms with Gasteiger partial charge in [-0.05, 0) is 24.8 Å². The van der Waals surface area contributed by atoms with Crippen molar-refractivity contribution in [2.45, 2.75) is 44.7 Å². The van der Waals surface area contributed by atoms with Crippen molar-refractivity contribution >= 4 is 0 Å². The smallest absolute Gasteiger partial charge is 0.0626 e. The first-order valence-electron chi connectivity index (χ1n) is 6.71. The van der Waals surface area contributed by atoms with Crippen molar-refractivity contribution in [3.8, 4) is 0 Å². The molecule has 17 heavy (non-hydrogen) atoms. The summed E-state index contributed by atoms with van der Waals surface area (Å²) in [4.78, 5) is 0. The van der Waals surface area contributed by atoms with Gasteiger partial charge in [-0.1, -0.05) is 49.6 Å². The van der Waals surface area contributed by atoms with Crippen LogP contribution in [0.25, 0.3) is 0 Å². The monoisotopic (exact) mass is 233 g/mol. The first kappa shape index (κ1) is 12.6. The first-order chi connectivity index (χ1) is 8.29. The van der Waals surface area contributed by atoms with Gasteiger partial charge in [0.05, 0.1) is 12.6 Å². The van der Waals surface area contributed by atoms with Crippen LogP contribution in [0.2, 0.25) is 0 Å². The fraction of sp³-hybridized carbons (Fsp3) is 0.600. The molecule has 2 unspecified atom stereocenters. The van der Waals surface area contributed by atoms with Crippen LogP contribution in [0.15, 0.2) is 30.3 Å². The van der Waals surface area contributed by atoms with Gasteiger partial charge in [0.2, 0.25) is 0 Å². The average molecular weight is 233 g/mol. The molecule has 0 saturated heterocycles. The minimum Gasteiger partial charge on any atom is -0.394 e. The highest BCUT2D eigenvalue weighted by molar-refractivity contribution is 5.19. The Bertz CT molecular complexity index is 321. The summed E-state index contributed by atoms with van der Waals surface area (Å²) in [6.45, 7) is 2.39. The van der Waals surface area contributed by atoms with Crippen molar-refractivity contribution in [1.29, 1.82) is 0 Å².